The van der Waals surface area contributed by atoms with Gasteiger partial charge in [0.1, 0.15) is 5.82 Å². The first-order valence-corrected chi connectivity index (χ1v) is 4.48. The third-order valence-electron chi connectivity index (χ3n) is 2.27. The second kappa shape index (κ2) is 2.84. The van der Waals surface area contributed by atoms with Gasteiger partial charge < -0.3 is 10.3 Å². The van der Waals surface area contributed by atoms with Crippen LogP contribution in [0.1, 0.15) is 0 Å². The van der Waals surface area contributed by atoms with Gasteiger partial charge in [-0.2, -0.15) is 5.10 Å². The molecule has 3 N–H and O–H groups in total. The maximum atomic E-state index is 5.53. The Morgan fingerprint density at radius 1 is 1.27 bits per heavy atom. The first-order valence-electron chi connectivity index (χ1n) is 4.48. The summed E-state index contributed by atoms with van der Waals surface area (Å²) >= 11 is 0. The quantitative estimate of drug-likeness (QED) is 0.627. The van der Waals surface area contributed by atoms with Gasteiger partial charge in [-0.3, -0.25) is 5.10 Å². The molecule has 0 aliphatic heterocycles. The number of rotatable bonds is 1. The minimum Gasteiger partial charge on any atom is -0.382 e. The second-order valence-corrected chi connectivity index (χ2v) is 3.28. The van der Waals surface area contributed by atoms with Crippen molar-refractivity contribution in [2.24, 2.45) is 0 Å². The zero-order chi connectivity index (χ0) is 10.3. The maximum absolute atomic E-state index is 5.53. The number of nitrogens with zero attached hydrogens (tertiary/aromatic N) is 2. The van der Waals surface area contributed by atoms with Crippen LogP contribution >= 0.6 is 0 Å². The number of benzene rings is 1. The normalized spacial score (nSPS) is 10.9. The number of aromatic nitrogens is 3. The Morgan fingerprint density at radius 3 is 3.00 bits per heavy atom. The molecule has 0 saturated heterocycles. The lowest BCUT2D eigenvalue weighted by atomic mass is 10.1. The molecule has 0 saturated carbocycles. The molecule has 5 nitrogen and oxygen atoms in total. The van der Waals surface area contributed by atoms with Crippen LogP contribution < -0.4 is 5.73 Å². The Labute approximate surface area is 84.9 Å². The third kappa shape index (κ3) is 1.25. The van der Waals surface area contributed by atoms with Gasteiger partial charge in [0.15, 0.2) is 5.58 Å². The fraction of sp³-hybridized carbons (Fsp3) is 0. The van der Waals surface area contributed by atoms with E-state index < -0.39 is 0 Å². The van der Waals surface area contributed by atoms with Crippen LogP contribution in [-0.2, 0) is 0 Å². The van der Waals surface area contributed by atoms with Crippen LogP contribution in [0.5, 0.6) is 0 Å². The number of aromatic amines is 1. The van der Waals surface area contributed by atoms with Crippen molar-refractivity contribution in [3.05, 3.63) is 30.5 Å². The van der Waals surface area contributed by atoms with Crippen molar-refractivity contribution >= 4 is 16.8 Å². The Morgan fingerprint density at radius 2 is 2.20 bits per heavy atom. The molecule has 0 bridgehead atoms. The standard InChI is InChI=1S/C10H8N4O/c11-10-4-8(13-14-10)6-1-2-7-5-12-15-9(7)3-6/h1-5H,(H3,11,13,14). The molecule has 0 aliphatic rings. The van der Waals surface area contributed by atoms with Crippen molar-refractivity contribution in [3.8, 4) is 11.3 Å². The smallest absolute Gasteiger partial charge is 0.167 e. The van der Waals surface area contributed by atoms with Gasteiger partial charge >= 0.3 is 0 Å². The van der Waals surface area contributed by atoms with Crippen molar-refractivity contribution in [3.63, 3.8) is 0 Å². The molecule has 0 spiro atoms. The van der Waals surface area contributed by atoms with E-state index in [0.717, 1.165) is 22.2 Å². The number of nitrogen functional groups attached to an aromatic ring is 1. The molecule has 15 heavy (non-hydrogen) atoms. The summed E-state index contributed by atoms with van der Waals surface area (Å²) in [6.45, 7) is 0. The summed E-state index contributed by atoms with van der Waals surface area (Å²) in [6, 6.07) is 7.58. The van der Waals surface area contributed by atoms with E-state index in [0.29, 0.717) is 5.82 Å². The fourth-order valence-electron chi connectivity index (χ4n) is 1.51. The SMILES string of the molecule is Nc1cc(-c2ccc3cnoc3c2)[nH]n1. The van der Waals surface area contributed by atoms with Gasteiger partial charge in [-0.15, -0.1) is 0 Å². The lowest BCUT2D eigenvalue weighted by Crippen LogP contribution is -1.81. The van der Waals surface area contributed by atoms with E-state index in [1.165, 1.54) is 0 Å². The Kier molecular flexibility index (Phi) is 1.53. The zero-order valence-electron chi connectivity index (χ0n) is 7.77. The number of H-pyrrole nitrogens is 1. The molecule has 5 heteroatoms. The minimum atomic E-state index is 0.475. The lowest BCUT2D eigenvalue weighted by Gasteiger charge is -1.95. The highest BCUT2D eigenvalue weighted by Gasteiger charge is 2.04. The Balaban J connectivity index is 2.18. The first kappa shape index (κ1) is 8.05. The summed E-state index contributed by atoms with van der Waals surface area (Å²) in [5, 5.41) is 11.4. The molecule has 0 atom stereocenters. The van der Waals surface area contributed by atoms with Crippen LogP contribution in [0.3, 0.4) is 0 Å². The van der Waals surface area contributed by atoms with Gasteiger partial charge in [-0.05, 0) is 12.1 Å². The highest BCUT2D eigenvalue weighted by atomic mass is 16.5. The molecule has 0 unspecified atom stereocenters. The molecule has 0 amide bonds. The highest BCUT2D eigenvalue weighted by Crippen LogP contribution is 2.23. The summed E-state index contributed by atoms with van der Waals surface area (Å²) in [7, 11) is 0. The molecule has 3 aromatic rings. The summed E-state index contributed by atoms with van der Waals surface area (Å²) in [5.74, 6) is 0.475. The average Bonchev–Trinajstić information content (AvgIpc) is 2.84. The average molecular weight is 200 g/mol. The zero-order valence-corrected chi connectivity index (χ0v) is 7.77. The third-order valence-corrected chi connectivity index (χ3v) is 2.27. The summed E-state index contributed by atoms with van der Waals surface area (Å²) in [6.07, 6.45) is 1.68. The summed E-state index contributed by atoms with van der Waals surface area (Å²) < 4.78 is 5.07. The van der Waals surface area contributed by atoms with Crippen LogP contribution in [0.25, 0.3) is 22.2 Å². The van der Waals surface area contributed by atoms with E-state index >= 15 is 0 Å². The summed E-state index contributed by atoms with van der Waals surface area (Å²) in [4.78, 5) is 0. The lowest BCUT2D eigenvalue weighted by molar-refractivity contribution is 0.456. The molecule has 74 valence electrons. The van der Waals surface area contributed by atoms with Gasteiger partial charge in [-0.25, -0.2) is 0 Å². The largest absolute Gasteiger partial charge is 0.382 e. The van der Waals surface area contributed by atoms with E-state index in [1.54, 1.807) is 12.3 Å². The number of hydrogen-bond donors (Lipinski definition) is 2. The van der Waals surface area contributed by atoms with Gasteiger partial charge in [0.2, 0.25) is 0 Å². The van der Waals surface area contributed by atoms with Crippen molar-refractivity contribution in [1.29, 1.82) is 0 Å². The fourth-order valence-corrected chi connectivity index (χ4v) is 1.51. The van der Waals surface area contributed by atoms with E-state index in [1.807, 2.05) is 18.2 Å². The summed E-state index contributed by atoms with van der Waals surface area (Å²) in [5.41, 5.74) is 8.12. The Bertz CT molecular complexity index is 610. The van der Waals surface area contributed by atoms with Crippen LogP contribution in [0.15, 0.2) is 35.0 Å². The molecule has 0 fully saturated rings. The topological polar surface area (TPSA) is 80.7 Å². The van der Waals surface area contributed by atoms with Crippen LogP contribution in [-0.4, -0.2) is 15.4 Å². The van der Waals surface area contributed by atoms with Crippen molar-refractivity contribution < 1.29 is 4.52 Å². The molecular formula is C10H8N4O. The van der Waals surface area contributed by atoms with E-state index in [2.05, 4.69) is 15.4 Å². The second-order valence-electron chi connectivity index (χ2n) is 3.28. The number of nitrogens with one attached hydrogen (secondary N) is 1. The monoisotopic (exact) mass is 200 g/mol. The molecule has 2 aromatic heterocycles. The molecule has 0 aliphatic carbocycles. The predicted molar refractivity (Wildman–Crippen MR) is 56.0 cm³/mol. The molecule has 1 aromatic carbocycles. The molecular weight excluding hydrogens is 192 g/mol. The van der Waals surface area contributed by atoms with E-state index in [4.69, 9.17) is 10.3 Å². The number of nitrogens with two attached hydrogens (primary N) is 1. The maximum Gasteiger partial charge on any atom is 0.167 e. The van der Waals surface area contributed by atoms with E-state index in [-0.39, 0.29) is 0 Å². The van der Waals surface area contributed by atoms with Crippen molar-refractivity contribution in [2.75, 3.05) is 5.73 Å². The van der Waals surface area contributed by atoms with Crippen molar-refractivity contribution in [1.82, 2.24) is 15.4 Å². The minimum absolute atomic E-state index is 0.475. The number of hydrogen-bond acceptors (Lipinski definition) is 4. The number of anilines is 1. The van der Waals surface area contributed by atoms with Crippen LogP contribution in [0.2, 0.25) is 0 Å². The molecule has 2 heterocycles. The highest BCUT2D eigenvalue weighted by molar-refractivity contribution is 5.81. The van der Waals surface area contributed by atoms with Crippen LogP contribution in [0, 0.1) is 0 Å². The van der Waals surface area contributed by atoms with Gasteiger partial charge in [0.05, 0.1) is 11.9 Å². The van der Waals surface area contributed by atoms with Gasteiger partial charge in [-0.1, -0.05) is 11.2 Å². The molecule has 0 radical (unpaired) electrons. The van der Waals surface area contributed by atoms with Gasteiger partial charge in [0.25, 0.3) is 0 Å². The van der Waals surface area contributed by atoms with Crippen molar-refractivity contribution in [2.45, 2.75) is 0 Å². The van der Waals surface area contributed by atoms with Crippen LogP contribution in [0.4, 0.5) is 5.82 Å². The predicted octanol–water partition coefficient (Wildman–Crippen LogP) is 1.80. The molecule has 3 rings (SSSR count). The Hall–Kier alpha value is -2.30. The number of fused-ring (bicyclic) bond motifs is 1. The first-order chi connectivity index (χ1) is 7.33. The van der Waals surface area contributed by atoms with Gasteiger partial charge in [0, 0.05) is 17.0 Å². The van der Waals surface area contributed by atoms with E-state index in [9.17, 15) is 0 Å².